The summed E-state index contributed by atoms with van der Waals surface area (Å²) in [6.45, 7) is 7.48. The summed E-state index contributed by atoms with van der Waals surface area (Å²) < 4.78 is 24.9. The largest absolute Gasteiger partial charge is 0.337 e. The van der Waals surface area contributed by atoms with E-state index in [9.17, 15) is 13.6 Å². The predicted molar refractivity (Wildman–Crippen MR) is 70.2 cm³/mol. The number of halogens is 2. The summed E-state index contributed by atoms with van der Waals surface area (Å²) in [6.07, 6.45) is -1.60. The molecule has 1 saturated heterocycles. The number of nitrogens with zero attached hydrogens (tertiary/aromatic N) is 2. The molecule has 0 saturated carbocycles. The Morgan fingerprint density at radius 3 is 2.58 bits per heavy atom. The van der Waals surface area contributed by atoms with E-state index in [0.29, 0.717) is 19.0 Å². The smallest absolute Gasteiger partial charge is 0.280 e. The molecule has 0 bridgehead atoms. The maximum Gasteiger partial charge on any atom is 0.280 e. The van der Waals surface area contributed by atoms with E-state index < -0.39 is 6.43 Å². The molecule has 106 valence electrons. The van der Waals surface area contributed by atoms with Gasteiger partial charge in [-0.1, -0.05) is 26.8 Å². The number of carbonyl (C=O) groups excluding carboxylic acids is 1. The van der Waals surface area contributed by atoms with Crippen LogP contribution in [-0.2, 0) is 0 Å². The summed E-state index contributed by atoms with van der Waals surface area (Å²) in [5.41, 5.74) is -0.235. The molecule has 1 amide bonds. The van der Waals surface area contributed by atoms with Gasteiger partial charge in [0.2, 0.25) is 0 Å². The average Bonchev–Trinajstić information content (AvgIpc) is 2.40. The van der Waals surface area contributed by atoms with Crippen LogP contribution in [0.15, 0.2) is 18.2 Å². The fourth-order valence-corrected chi connectivity index (χ4v) is 1.85. The number of likely N-dealkylation sites (tertiary alicyclic amines) is 1. The second kappa shape index (κ2) is 7.16. The van der Waals surface area contributed by atoms with E-state index in [1.54, 1.807) is 4.90 Å². The van der Waals surface area contributed by atoms with Crippen LogP contribution in [0, 0.1) is 5.92 Å². The molecule has 5 heteroatoms. The molecule has 0 N–H and O–H groups in total. The van der Waals surface area contributed by atoms with Gasteiger partial charge in [-0.15, -0.1) is 0 Å². The Hall–Kier alpha value is -1.52. The van der Waals surface area contributed by atoms with Gasteiger partial charge in [0.05, 0.1) is 0 Å². The molecule has 2 heterocycles. The lowest BCUT2D eigenvalue weighted by Gasteiger charge is -2.38. The summed E-state index contributed by atoms with van der Waals surface area (Å²) in [7, 11) is 0. The molecule has 19 heavy (non-hydrogen) atoms. The summed E-state index contributed by atoms with van der Waals surface area (Å²) >= 11 is 0. The van der Waals surface area contributed by atoms with Crippen LogP contribution in [0.25, 0.3) is 0 Å². The van der Waals surface area contributed by atoms with Crippen molar-refractivity contribution in [2.24, 2.45) is 5.92 Å². The van der Waals surface area contributed by atoms with Gasteiger partial charge < -0.3 is 4.90 Å². The Morgan fingerprint density at radius 1 is 1.42 bits per heavy atom. The molecule has 0 radical (unpaired) electrons. The molecule has 1 aromatic heterocycles. The zero-order chi connectivity index (χ0) is 14.4. The monoisotopic (exact) mass is 270 g/mol. The zero-order valence-electron chi connectivity index (χ0n) is 11.6. The molecule has 0 unspecified atom stereocenters. The first kappa shape index (κ1) is 15.5. The number of carbonyl (C=O) groups is 1. The first-order valence-electron chi connectivity index (χ1n) is 6.66. The molecular weight excluding hydrogens is 250 g/mol. The third kappa shape index (κ3) is 3.72. The van der Waals surface area contributed by atoms with E-state index in [1.165, 1.54) is 18.2 Å². The number of hydrogen-bond donors (Lipinski definition) is 0. The van der Waals surface area contributed by atoms with Crippen molar-refractivity contribution in [2.45, 2.75) is 33.6 Å². The third-order valence-corrected chi connectivity index (χ3v) is 3.04. The fraction of sp³-hybridized carbons (Fsp3) is 0.571. The van der Waals surface area contributed by atoms with Gasteiger partial charge in [-0.2, -0.15) is 0 Å². The molecule has 0 aliphatic carbocycles. The second-order valence-corrected chi connectivity index (χ2v) is 4.23. The van der Waals surface area contributed by atoms with Gasteiger partial charge >= 0.3 is 0 Å². The quantitative estimate of drug-likeness (QED) is 0.841. The maximum absolute atomic E-state index is 12.4. The SMILES string of the molecule is CC.CCC1CN(C(=O)c2cccc(C(F)F)n2)C1. The van der Waals surface area contributed by atoms with E-state index in [2.05, 4.69) is 11.9 Å². The zero-order valence-corrected chi connectivity index (χ0v) is 11.6. The minimum absolute atomic E-state index is 0.109. The lowest BCUT2D eigenvalue weighted by Crippen LogP contribution is -2.49. The second-order valence-electron chi connectivity index (χ2n) is 4.23. The summed E-state index contributed by atoms with van der Waals surface area (Å²) in [6, 6.07) is 4.15. The molecule has 1 aromatic rings. The summed E-state index contributed by atoms with van der Waals surface area (Å²) in [5.74, 6) is 0.287. The fourth-order valence-electron chi connectivity index (χ4n) is 1.85. The van der Waals surface area contributed by atoms with Crippen LogP contribution in [-0.4, -0.2) is 28.9 Å². The lowest BCUT2D eigenvalue weighted by molar-refractivity contribution is 0.0487. The number of hydrogen-bond acceptors (Lipinski definition) is 2. The van der Waals surface area contributed by atoms with Crippen LogP contribution in [0.4, 0.5) is 8.78 Å². The normalized spacial score (nSPS) is 14.7. The Kier molecular flexibility index (Phi) is 5.86. The molecule has 0 aromatic carbocycles. The molecular formula is C14H20F2N2O. The van der Waals surface area contributed by atoms with Gasteiger partial charge in [-0.05, 0) is 24.5 Å². The van der Waals surface area contributed by atoms with Crippen molar-refractivity contribution < 1.29 is 13.6 Å². The van der Waals surface area contributed by atoms with Crippen LogP contribution in [0.5, 0.6) is 0 Å². The molecule has 1 aliphatic heterocycles. The van der Waals surface area contributed by atoms with Gasteiger partial charge in [0, 0.05) is 13.1 Å². The summed E-state index contributed by atoms with van der Waals surface area (Å²) in [5, 5.41) is 0. The molecule has 0 atom stereocenters. The van der Waals surface area contributed by atoms with Crippen LogP contribution < -0.4 is 0 Å². The van der Waals surface area contributed by atoms with E-state index >= 15 is 0 Å². The Labute approximate surface area is 112 Å². The number of aromatic nitrogens is 1. The standard InChI is InChI=1S/C12H14F2N2O.C2H6/c1-2-8-6-16(7-8)12(17)10-5-3-4-9(15-10)11(13)14;1-2/h3-5,8,11H,2,6-7H2,1H3;1-2H3. The van der Waals surface area contributed by atoms with Gasteiger partial charge in [0.15, 0.2) is 0 Å². The van der Waals surface area contributed by atoms with Crippen molar-refractivity contribution in [3.63, 3.8) is 0 Å². The van der Waals surface area contributed by atoms with E-state index in [0.717, 1.165) is 6.42 Å². The number of alkyl halides is 2. The topological polar surface area (TPSA) is 33.2 Å². The van der Waals surface area contributed by atoms with E-state index in [4.69, 9.17) is 0 Å². The van der Waals surface area contributed by atoms with Crippen LogP contribution >= 0.6 is 0 Å². The number of pyridine rings is 1. The Balaban J connectivity index is 0.000000861. The average molecular weight is 270 g/mol. The first-order valence-corrected chi connectivity index (χ1v) is 6.66. The third-order valence-electron chi connectivity index (χ3n) is 3.04. The van der Waals surface area contributed by atoms with Crippen molar-refractivity contribution in [2.75, 3.05) is 13.1 Å². The van der Waals surface area contributed by atoms with Crippen molar-refractivity contribution >= 4 is 5.91 Å². The highest BCUT2D eigenvalue weighted by molar-refractivity contribution is 5.92. The Morgan fingerprint density at radius 2 is 2.05 bits per heavy atom. The van der Waals surface area contributed by atoms with E-state index in [-0.39, 0.29) is 17.3 Å². The molecule has 0 spiro atoms. The predicted octanol–water partition coefficient (Wildman–Crippen LogP) is 3.53. The molecule has 3 nitrogen and oxygen atoms in total. The van der Waals surface area contributed by atoms with Gasteiger partial charge in [-0.3, -0.25) is 4.79 Å². The van der Waals surface area contributed by atoms with E-state index in [1.807, 2.05) is 13.8 Å². The highest BCUT2D eigenvalue weighted by atomic mass is 19.3. The van der Waals surface area contributed by atoms with Crippen molar-refractivity contribution in [3.8, 4) is 0 Å². The van der Waals surface area contributed by atoms with Gasteiger partial charge in [0.25, 0.3) is 12.3 Å². The van der Waals surface area contributed by atoms with Crippen molar-refractivity contribution in [1.29, 1.82) is 0 Å². The Bertz CT molecular complexity index is 418. The maximum atomic E-state index is 12.4. The highest BCUT2D eigenvalue weighted by Crippen LogP contribution is 2.22. The van der Waals surface area contributed by atoms with Crippen LogP contribution in [0.2, 0.25) is 0 Å². The minimum atomic E-state index is -2.64. The van der Waals surface area contributed by atoms with Gasteiger partial charge in [0.1, 0.15) is 11.4 Å². The molecule has 1 fully saturated rings. The van der Waals surface area contributed by atoms with Crippen LogP contribution in [0.1, 0.15) is 49.8 Å². The lowest BCUT2D eigenvalue weighted by atomic mass is 9.97. The van der Waals surface area contributed by atoms with Crippen LogP contribution in [0.3, 0.4) is 0 Å². The van der Waals surface area contributed by atoms with Crippen molar-refractivity contribution in [3.05, 3.63) is 29.6 Å². The molecule has 2 rings (SSSR count). The molecule has 1 aliphatic rings. The highest BCUT2D eigenvalue weighted by Gasteiger charge is 2.30. The number of rotatable bonds is 3. The summed E-state index contributed by atoms with van der Waals surface area (Å²) in [4.78, 5) is 17.2. The van der Waals surface area contributed by atoms with Crippen molar-refractivity contribution in [1.82, 2.24) is 9.88 Å². The first-order chi connectivity index (χ1) is 9.11. The van der Waals surface area contributed by atoms with Gasteiger partial charge in [-0.25, -0.2) is 13.8 Å². The minimum Gasteiger partial charge on any atom is -0.337 e. The number of amides is 1.